The van der Waals surface area contributed by atoms with E-state index in [-0.39, 0.29) is 25.7 Å². The number of ether oxygens (including phenoxy) is 4. The van der Waals surface area contributed by atoms with Gasteiger partial charge >= 0.3 is 39.5 Å². The lowest BCUT2D eigenvalue weighted by atomic mass is 10.00. The van der Waals surface area contributed by atoms with Crippen molar-refractivity contribution in [2.75, 3.05) is 39.6 Å². The van der Waals surface area contributed by atoms with Crippen molar-refractivity contribution >= 4 is 39.5 Å². The van der Waals surface area contributed by atoms with Crippen molar-refractivity contribution < 1.29 is 80.2 Å². The first-order valence-corrected chi connectivity index (χ1v) is 35.4. The van der Waals surface area contributed by atoms with Gasteiger partial charge in [0.05, 0.1) is 26.4 Å². The molecule has 0 spiro atoms. The summed E-state index contributed by atoms with van der Waals surface area (Å²) in [5, 5.41) is 10.5. The zero-order valence-corrected chi connectivity index (χ0v) is 54.0. The van der Waals surface area contributed by atoms with Crippen LogP contribution in [-0.4, -0.2) is 96.7 Å². The van der Waals surface area contributed by atoms with Crippen molar-refractivity contribution in [2.24, 2.45) is 17.8 Å². The van der Waals surface area contributed by atoms with Crippen LogP contribution in [0.15, 0.2) is 0 Å². The van der Waals surface area contributed by atoms with Gasteiger partial charge in [-0.15, -0.1) is 0 Å². The Morgan fingerprint density at radius 3 is 0.938 bits per heavy atom. The first-order valence-electron chi connectivity index (χ1n) is 32.4. The van der Waals surface area contributed by atoms with Crippen LogP contribution in [0.1, 0.15) is 299 Å². The number of aliphatic hydroxyl groups excluding tert-OH is 1. The van der Waals surface area contributed by atoms with Gasteiger partial charge in [-0.3, -0.25) is 37.3 Å². The second-order valence-corrected chi connectivity index (χ2v) is 26.3. The topological polar surface area (TPSA) is 237 Å². The molecule has 0 bridgehead atoms. The molecule has 0 aliphatic rings. The standard InChI is InChI=1S/C62H120O17P2/c1-8-11-12-13-14-16-20-29-36-43-59(64)72-49-58(79-62(67)46-39-32-25-23-28-35-42-55(7)10-3)52-77-81(70,71)75-48-56(63)47-74-80(68,69)76-51-57(50-73-60(65)44-37-30-24-22-27-34-41-54(6)9-2)78-61(66)45-38-31-21-18-15-17-19-26-33-40-53(4)5/h53-58,63H,8-52H2,1-7H3,(H,68,69)(H,70,71)/t54?,55?,56-,57-,58-/m1/s1. The summed E-state index contributed by atoms with van der Waals surface area (Å²) in [6, 6.07) is 0. The monoisotopic (exact) mass is 1200 g/mol. The first-order chi connectivity index (χ1) is 38.8. The number of aliphatic hydroxyl groups is 1. The molecule has 0 aromatic heterocycles. The van der Waals surface area contributed by atoms with Crippen molar-refractivity contribution in [3.8, 4) is 0 Å². The third-order valence-electron chi connectivity index (χ3n) is 14.9. The molecular weight excluding hydrogens is 1080 g/mol. The Morgan fingerprint density at radius 2 is 0.630 bits per heavy atom. The quantitative estimate of drug-likeness (QED) is 0.0222. The third-order valence-corrected chi connectivity index (χ3v) is 16.8. The second-order valence-electron chi connectivity index (χ2n) is 23.4. The summed E-state index contributed by atoms with van der Waals surface area (Å²) < 4.78 is 67.9. The molecule has 0 saturated carbocycles. The maximum absolute atomic E-state index is 12.9. The molecule has 0 aliphatic heterocycles. The Morgan fingerprint density at radius 1 is 0.358 bits per heavy atom. The van der Waals surface area contributed by atoms with Gasteiger partial charge in [-0.1, -0.05) is 248 Å². The Kier molecular flexibility index (Phi) is 52.2. The van der Waals surface area contributed by atoms with Gasteiger partial charge in [0.15, 0.2) is 12.2 Å². The molecule has 3 N–H and O–H groups in total. The lowest BCUT2D eigenvalue weighted by molar-refractivity contribution is -0.161. The summed E-state index contributed by atoms with van der Waals surface area (Å²) in [5.41, 5.74) is 0. The molecule has 0 saturated heterocycles. The van der Waals surface area contributed by atoms with E-state index in [9.17, 15) is 43.2 Å². The van der Waals surface area contributed by atoms with Gasteiger partial charge in [-0.05, 0) is 43.4 Å². The normalized spacial score (nSPS) is 15.1. The van der Waals surface area contributed by atoms with E-state index in [0.29, 0.717) is 25.7 Å². The van der Waals surface area contributed by atoms with Gasteiger partial charge in [-0.25, -0.2) is 9.13 Å². The molecule has 81 heavy (non-hydrogen) atoms. The molecule has 19 heteroatoms. The molecule has 0 amide bonds. The fourth-order valence-electron chi connectivity index (χ4n) is 9.06. The highest BCUT2D eigenvalue weighted by molar-refractivity contribution is 7.47. The van der Waals surface area contributed by atoms with Crippen molar-refractivity contribution in [3.05, 3.63) is 0 Å². The lowest BCUT2D eigenvalue weighted by Crippen LogP contribution is -2.30. The molecule has 480 valence electrons. The average Bonchev–Trinajstić information content (AvgIpc) is 3.43. The summed E-state index contributed by atoms with van der Waals surface area (Å²) >= 11 is 0. The minimum Gasteiger partial charge on any atom is -0.462 e. The van der Waals surface area contributed by atoms with E-state index in [0.717, 1.165) is 114 Å². The van der Waals surface area contributed by atoms with Crippen LogP contribution in [0, 0.1) is 17.8 Å². The minimum absolute atomic E-state index is 0.102. The zero-order chi connectivity index (χ0) is 60.3. The minimum atomic E-state index is -4.94. The van der Waals surface area contributed by atoms with Crippen molar-refractivity contribution in [1.82, 2.24) is 0 Å². The van der Waals surface area contributed by atoms with Crippen LogP contribution >= 0.6 is 15.6 Å². The molecule has 0 fully saturated rings. The van der Waals surface area contributed by atoms with Crippen LogP contribution in [0.2, 0.25) is 0 Å². The molecule has 0 aromatic rings. The SMILES string of the molecule is CCCCCCCCCCCC(=O)OC[C@H](COP(=O)(O)OC[C@H](O)COP(=O)(O)OC[C@@H](COC(=O)CCCCCCCCC(C)CC)OC(=O)CCCCCCCCCCCC(C)C)OC(=O)CCCCCCCCC(C)CC. The van der Waals surface area contributed by atoms with Crippen LogP contribution in [0.4, 0.5) is 0 Å². The number of phosphoric ester groups is 2. The maximum Gasteiger partial charge on any atom is 0.472 e. The Balaban J connectivity index is 5.26. The summed E-state index contributed by atoms with van der Waals surface area (Å²) in [5.74, 6) is 0.0444. The Hall–Kier alpha value is -1.94. The number of phosphoric acid groups is 2. The predicted octanol–water partition coefficient (Wildman–Crippen LogP) is 16.7. The Labute approximate surface area is 492 Å². The van der Waals surface area contributed by atoms with Gasteiger partial charge in [0.25, 0.3) is 0 Å². The fraction of sp³-hybridized carbons (Fsp3) is 0.935. The summed E-state index contributed by atoms with van der Waals surface area (Å²) in [4.78, 5) is 72.1. The summed E-state index contributed by atoms with van der Waals surface area (Å²) in [6.07, 6.45) is 33.5. The van der Waals surface area contributed by atoms with Gasteiger partial charge in [0, 0.05) is 25.7 Å². The van der Waals surface area contributed by atoms with E-state index < -0.39 is 97.5 Å². The molecular formula is C62H120O17P2. The Bertz CT molecular complexity index is 1620. The van der Waals surface area contributed by atoms with Crippen LogP contribution < -0.4 is 0 Å². The van der Waals surface area contributed by atoms with Gasteiger partial charge < -0.3 is 33.8 Å². The molecule has 0 rings (SSSR count). The largest absolute Gasteiger partial charge is 0.472 e. The number of carbonyl (C=O) groups is 4. The highest BCUT2D eigenvalue weighted by Crippen LogP contribution is 2.45. The maximum atomic E-state index is 12.9. The first kappa shape index (κ1) is 79.1. The van der Waals surface area contributed by atoms with E-state index >= 15 is 0 Å². The summed E-state index contributed by atoms with van der Waals surface area (Å²) in [6.45, 7) is 11.6. The molecule has 0 heterocycles. The van der Waals surface area contributed by atoms with Crippen LogP contribution in [0.5, 0.6) is 0 Å². The molecule has 0 radical (unpaired) electrons. The fourth-order valence-corrected chi connectivity index (χ4v) is 10.6. The van der Waals surface area contributed by atoms with E-state index in [2.05, 4.69) is 48.5 Å². The van der Waals surface area contributed by atoms with Crippen molar-refractivity contribution in [1.29, 1.82) is 0 Å². The third kappa shape index (κ3) is 54.5. The van der Waals surface area contributed by atoms with Crippen LogP contribution in [0.3, 0.4) is 0 Å². The van der Waals surface area contributed by atoms with E-state index in [1.165, 1.54) is 103 Å². The molecule has 7 atom stereocenters. The number of hydrogen-bond acceptors (Lipinski definition) is 15. The van der Waals surface area contributed by atoms with E-state index in [1.807, 2.05) is 0 Å². The zero-order valence-electron chi connectivity index (χ0n) is 52.2. The number of carbonyl (C=O) groups excluding carboxylic acids is 4. The van der Waals surface area contributed by atoms with Gasteiger partial charge in [0.2, 0.25) is 0 Å². The highest BCUT2D eigenvalue weighted by atomic mass is 31.2. The number of hydrogen-bond donors (Lipinski definition) is 3. The average molecular weight is 1200 g/mol. The van der Waals surface area contributed by atoms with Crippen molar-refractivity contribution in [2.45, 2.75) is 317 Å². The number of unbranched alkanes of at least 4 members (excludes halogenated alkanes) is 26. The smallest absolute Gasteiger partial charge is 0.462 e. The molecule has 0 aromatic carbocycles. The molecule has 0 aliphatic carbocycles. The summed E-state index contributed by atoms with van der Waals surface area (Å²) in [7, 11) is -9.88. The number of rotatable bonds is 60. The van der Waals surface area contributed by atoms with E-state index in [4.69, 9.17) is 37.0 Å². The van der Waals surface area contributed by atoms with Crippen molar-refractivity contribution in [3.63, 3.8) is 0 Å². The highest BCUT2D eigenvalue weighted by Gasteiger charge is 2.30. The predicted molar refractivity (Wildman–Crippen MR) is 321 cm³/mol. The number of esters is 4. The van der Waals surface area contributed by atoms with Crippen LogP contribution in [-0.2, 0) is 65.4 Å². The van der Waals surface area contributed by atoms with Crippen LogP contribution in [0.25, 0.3) is 0 Å². The lowest BCUT2D eigenvalue weighted by Gasteiger charge is -2.21. The molecule has 17 nitrogen and oxygen atoms in total. The van der Waals surface area contributed by atoms with Gasteiger partial charge in [-0.2, -0.15) is 0 Å². The van der Waals surface area contributed by atoms with Gasteiger partial charge in [0.1, 0.15) is 19.3 Å². The van der Waals surface area contributed by atoms with E-state index in [1.54, 1.807) is 0 Å². The second kappa shape index (κ2) is 53.5. The molecule has 4 unspecified atom stereocenters.